The van der Waals surface area contributed by atoms with Crippen molar-refractivity contribution in [2.24, 2.45) is 0 Å². The van der Waals surface area contributed by atoms with Crippen molar-refractivity contribution < 1.29 is 9.53 Å². The summed E-state index contributed by atoms with van der Waals surface area (Å²) in [4.78, 5) is 20.5. The van der Waals surface area contributed by atoms with Gasteiger partial charge in [-0.1, -0.05) is 6.92 Å². The van der Waals surface area contributed by atoms with E-state index in [1.54, 1.807) is 14.0 Å². The molecule has 6 heteroatoms. The number of benzene rings is 1. The van der Waals surface area contributed by atoms with Gasteiger partial charge in [-0.15, -0.1) is 0 Å². The van der Waals surface area contributed by atoms with Gasteiger partial charge in [0.05, 0.1) is 23.1 Å². The Hall–Kier alpha value is -2.63. The van der Waals surface area contributed by atoms with Gasteiger partial charge in [0.15, 0.2) is 0 Å². The van der Waals surface area contributed by atoms with Gasteiger partial charge in [-0.3, -0.25) is 4.79 Å². The second kappa shape index (κ2) is 7.09. The normalized spacial score (nSPS) is 11.8. The zero-order valence-electron chi connectivity index (χ0n) is 13.9. The number of hydrogen-bond donors (Lipinski definition) is 2. The fourth-order valence-electron chi connectivity index (χ4n) is 2.21. The van der Waals surface area contributed by atoms with Crippen LogP contribution in [0.4, 0.5) is 5.95 Å². The van der Waals surface area contributed by atoms with Gasteiger partial charge < -0.3 is 15.8 Å². The van der Waals surface area contributed by atoms with E-state index in [1.807, 2.05) is 31.2 Å². The van der Waals surface area contributed by atoms with E-state index in [9.17, 15) is 4.79 Å². The third kappa shape index (κ3) is 3.77. The van der Waals surface area contributed by atoms with Crippen LogP contribution >= 0.6 is 0 Å². The number of carbonyl (C=O) groups excluding carboxylic acids is 1. The lowest BCUT2D eigenvalue weighted by Gasteiger charge is -2.14. The van der Waals surface area contributed by atoms with Crippen LogP contribution in [0.2, 0.25) is 0 Å². The summed E-state index contributed by atoms with van der Waals surface area (Å²) in [7, 11) is 1.57. The first-order chi connectivity index (χ1) is 11.0. The third-order valence-electron chi connectivity index (χ3n) is 3.60. The van der Waals surface area contributed by atoms with Gasteiger partial charge in [0.2, 0.25) is 5.95 Å². The number of anilines is 1. The molecule has 1 aromatic heterocycles. The molecule has 2 rings (SSSR count). The molecule has 0 aliphatic carbocycles. The van der Waals surface area contributed by atoms with Crippen LogP contribution in [-0.2, 0) is 0 Å². The Bertz CT molecular complexity index is 698. The number of carbonyl (C=O) groups is 1. The third-order valence-corrected chi connectivity index (χ3v) is 3.60. The molecule has 1 atom stereocenters. The van der Waals surface area contributed by atoms with Crippen LogP contribution in [0, 0.1) is 6.92 Å². The number of aromatic nitrogens is 2. The Morgan fingerprint density at radius 1 is 1.30 bits per heavy atom. The van der Waals surface area contributed by atoms with Crippen LogP contribution in [0.25, 0.3) is 11.3 Å². The van der Waals surface area contributed by atoms with Crippen LogP contribution < -0.4 is 15.8 Å². The zero-order chi connectivity index (χ0) is 17.0. The molecular weight excluding hydrogens is 292 g/mol. The number of ether oxygens (including phenoxy) is 1. The minimum Gasteiger partial charge on any atom is -0.491 e. The first kappa shape index (κ1) is 16.7. The fraction of sp³-hybridized carbons (Fsp3) is 0.353. The van der Waals surface area contributed by atoms with E-state index in [4.69, 9.17) is 10.5 Å². The van der Waals surface area contributed by atoms with Crippen molar-refractivity contribution in [1.29, 1.82) is 0 Å². The number of amides is 1. The molecule has 1 amide bonds. The maximum Gasteiger partial charge on any atom is 0.255 e. The molecule has 6 nitrogen and oxygen atoms in total. The SMILES string of the molecule is CCC(C)Oc1ccc(-c2nc(N)nc(C)c2C(=O)NC)cc1. The van der Waals surface area contributed by atoms with E-state index < -0.39 is 0 Å². The van der Waals surface area contributed by atoms with Crippen molar-refractivity contribution in [3.8, 4) is 17.0 Å². The van der Waals surface area contributed by atoms with Crippen molar-refractivity contribution in [3.63, 3.8) is 0 Å². The lowest BCUT2D eigenvalue weighted by atomic mass is 10.0. The van der Waals surface area contributed by atoms with Crippen LogP contribution in [0.3, 0.4) is 0 Å². The first-order valence-electron chi connectivity index (χ1n) is 7.59. The number of nitrogens with zero attached hydrogens (tertiary/aromatic N) is 2. The highest BCUT2D eigenvalue weighted by Crippen LogP contribution is 2.26. The molecule has 1 heterocycles. The molecule has 2 aromatic rings. The number of nitrogens with one attached hydrogen (secondary N) is 1. The molecule has 0 saturated carbocycles. The summed E-state index contributed by atoms with van der Waals surface area (Å²) in [5.41, 5.74) is 8.03. The highest BCUT2D eigenvalue weighted by Gasteiger charge is 2.18. The number of hydrogen-bond acceptors (Lipinski definition) is 5. The Balaban J connectivity index is 2.43. The minimum atomic E-state index is -0.238. The highest BCUT2D eigenvalue weighted by molar-refractivity contribution is 6.00. The Morgan fingerprint density at radius 2 is 1.96 bits per heavy atom. The van der Waals surface area contributed by atoms with E-state index >= 15 is 0 Å². The molecule has 0 bridgehead atoms. The number of aryl methyl sites for hydroxylation is 1. The van der Waals surface area contributed by atoms with Crippen molar-refractivity contribution in [2.45, 2.75) is 33.3 Å². The van der Waals surface area contributed by atoms with E-state index in [0.717, 1.165) is 17.7 Å². The lowest BCUT2D eigenvalue weighted by Crippen LogP contribution is -2.21. The van der Waals surface area contributed by atoms with Crippen LogP contribution in [0.15, 0.2) is 24.3 Å². The summed E-state index contributed by atoms with van der Waals surface area (Å²) in [6.45, 7) is 5.83. The molecule has 23 heavy (non-hydrogen) atoms. The number of rotatable bonds is 5. The highest BCUT2D eigenvalue weighted by atomic mass is 16.5. The van der Waals surface area contributed by atoms with Gasteiger partial charge in [-0.05, 0) is 44.5 Å². The Kier molecular flexibility index (Phi) is 5.16. The van der Waals surface area contributed by atoms with Gasteiger partial charge >= 0.3 is 0 Å². The predicted octanol–water partition coefficient (Wildman–Crippen LogP) is 2.57. The quantitative estimate of drug-likeness (QED) is 0.885. The van der Waals surface area contributed by atoms with Crippen molar-refractivity contribution in [1.82, 2.24) is 15.3 Å². The van der Waals surface area contributed by atoms with Crippen LogP contribution in [0.1, 0.15) is 36.3 Å². The van der Waals surface area contributed by atoms with Crippen LogP contribution in [0.5, 0.6) is 5.75 Å². The van der Waals surface area contributed by atoms with E-state index in [-0.39, 0.29) is 18.0 Å². The summed E-state index contributed by atoms with van der Waals surface area (Å²) in [6, 6.07) is 7.46. The van der Waals surface area contributed by atoms with Gasteiger partial charge in [0.1, 0.15) is 5.75 Å². The van der Waals surface area contributed by atoms with Gasteiger partial charge in [0, 0.05) is 12.6 Å². The molecule has 1 aromatic carbocycles. The van der Waals surface area contributed by atoms with E-state index in [2.05, 4.69) is 22.2 Å². The molecule has 0 aliphatic rings. The summed E-state index contributed by atoms with van der Waals surface area (Å²) in [6.07, 6.45) is 1.09. The molecule has 0 fully saturated rings. The topological polar surface area (TPSA) is 90.1 Å². The maximum atomic E-state index is 12.1. The molecule has 0 saturated heterocycles. The van der Waals surface area contributed by atoms with E-state index in [1.165, 1.54) is 0 Å². The monoisotopic (exact) mass is 314 g/mol. The van der Waals surface area contributed by atoms with Gasteiger partial charge in [-0.2, -0.15) is 0 Å². The summed E-state index contributed by atoms with van der Waals surface area (Å²) < 4.78 is 5.76. The second-order valence-corrected chi connectivity index (χ2v) is 5.33. The average molecular weight is 314 g/mol. The van der Waals surface area contributed by atoms with Gasteiger partial charge in [0.25, 0.3) is 5.91 Å². The maximum absolute atomic E-state index is 12.1. The van der Waals surface area contributed by atoms with Gasteiger partial charge in [-0.25, -0.2) is 9.97 Å². The summed E-state index contributed by atoms with van der Waals surface area (Å²) in [5.74, 6) is 0.686. The lowest BCUT2D eigenvalue weighted by molar-refractivity contribution is 0.0962. The molecule has 0 spiro atoms. The molecular formula is C17H22N4O2. The second-order valence-electron chi connectivity index (χ2n) is 5.33. The standard InChI is InChI=1S/C17H22N4O2/c1-5-10(2)23-13-8-6-12(7-9-13)15-14(16(22)19-4)11(3)20-17(18)21-15/h6-10H,5H2,1-4H3,(H,19,22)(H2,18,20,21). The predicted molar refractivity (Wildman–Crippen MR) is 90.4 cm³/mol. The van der Waals surface area contributed by atoms with Crippen LogP contribution in [-0.4, -0.2) is 29.0 Å². The Morgan fingerprint density at radius 3 is 2.52 bits per heavy atom. The first-order valence-corrected chi connectivity index (χ1v) is 7.59. The molecule has 122 valence electrons. The van der Waals surface area contributed by atoms with Crippen molar-refractivity contribution >= 4 is 11.9 Å². The summed E-state index contributed by atoms with van der Waals surface area (Å²) in [5, 5.41) is 2.61. The Labute approximate surface area is 136 Å². The minimum absolute atomic E-state index is 0.144. The summed E-state index contributed by atoms with van der Waals surface area (Å²) >= 11 is 0. The van der Waals surface area contributed by atoms with Crippen molar-refractivity contribution in [2.75, 3.05) is 12.8 Å². The van der Waals surface area contributed by atoms with Crippen molar-refractivity contribution in [3.05, 3.63) is 35.5 Å². The molecule has 0 aliphatic heterocycles. The molecule has 3 N–H and O–H groups in total. The average Bonchev–Trinajstić information content (AvgIpc) is 2.54. The largest absolute Gasteiger partial charge is 0.491 e. The molecule has 1 unspecified atom stereocenters. The number of nitrogen functional groups attached to an aromatic ring is 1. The number of nitrogens with two attached hydrogens (primary N) is 1. The van der Waals surface area contributed by atoms with E-state index in [0.29, 0.717) is 17.0 Å². The zero-order valence-corrected chi connectivity index (χ0v) is 13.9. The smallest absolute Gasteiger partial charge is 0.255 e. The fourth-order valence-corrected chi connectivity index (χ4v) is 2.21. The molecule has 0 radical (unpaired) electrons.